The smallest absolute Gasteiger partial charge is 0.127 e. The number of aliphatic hydroxyl groups excluding tert-OH is 2. The minimum absolute atomic E-state index is 0.0438. The molecule has 252 valence electrons. The maximum atomic E-state index is 9.82. The second kappa shape index (κ2) is 18.0. The number of benzene rings is 4. The third-order valence-corrected chi connectivity index (χ3v) is 8.50. The van der Waals surface area contributed by atoms with Crippen LogP contribution in [-0.2, 0) is 27.4 Å². The average Bonchev–Trinajstić information content (AvgIpc) is 3.12. The van der Waals surface area contributed by atoms with Gasteiger partial charge in [0, 0.05) is 42.3 Å². The Labute approximate surface area is 277 Å². The van der Waals surface area contributed by atoms with Crippen molar-refractivity contribution in [1.82, 2.24) is 5.32 Å². The molecule has 0 aromatic heterocycles. The molecule has 1 unspecified atom stereocenters. The van der Waals surface area contributed by atoms with Gasteiger partial charge in [0.05, 0.1) is 66.6 Å². The average molecular weight is 646 g/mol. The molecule has 0 bridgehead atoms. The third-order valence-electron chi connectivity index (χ3n) is 8.50. The standard InChI is InChI=1S/C38H47NO8/c1-42-35-11-6-4-9-30(35)24-44-16-7-17-46-33-14-12-28(13-15-33)38-31(25-45-26-32(41)22-40)20-39-21-37(38)47-23-27-18-29-8-3-5-10-34(29)36(19-27)43-2/h3-6,8-15,18-19,31-32,37-41H,7,16-17,20-26H2,1-2H3/t31-,32?,37-,38-/m0/s1. The molecular formula is C38H47NO8. The molecule has 9 heteroatoms. The topological polar surface area (TPSA) is 108 Å². The van der Waals surface area contributed by atoms with Crippen LogP contribution in [0.2, 0.25) is 0 Å². The molecule has 3 N–H and O–H groups in total. The Balaban J connectivity index is 1.20. The summed E-state index contributed by atoms with van der Waals surface area (Å²) in [5, 5.41) is 24.7. The molecule has 4 aromatic carbocycles. The van der Waals surface area contributed by atoms with Crippen molar-refractivity contribution in [2.45, 2.75) is 37.8 Å². The van der Waals surface area contributed by atoms with Gasteiger partial charge in [0.2, 0.25) is 0 Å². The number of hydrogen-bond donors (Lipinski definition) is 3. The van der Waals surface area contributed by atoms with Gasteiger partial charge >= 0.3 is 0 Å². The Morgan fingerprint density at radius 1 is 0.830 bits per heavy atom. The first kappa shape index (κ1) is 34.6. The van der Waals surface area contributed by atoms with Gasteiger partial charge in [-0.3, -0.25) is 0 Å². The van der Waals surface area contributed by atoms with Crippen molar-refractivity contribution in [1.29, 1.82) is 0 Å². The summed E-state index contributed by atoms with van der Waals surface area (Å²) in [7, 11) is 3.36. The summed E-state index contributed by atoms with van der Waals surface area (Å²) in [6.45, 7) is 3.67. The fraction of sp³-hybridized carbons (Fsp3) is 0.421. The highest BCUT2D eigenvalue weighted by Gasteiger charge is 2.35. The van der Waals surface area contributed by atoms with E-state index >= 15 is 0 Å². The first-order chi connectivity index (χ1) is 23.1. The molecule has 4 aromatic rings. The number of hydrogen-bond acceptors (Lipinski definition) is 9. The van der Waals surface area contributed by atoms with Crippen molar-refractivity contribution in [3.05, 3.63) is 102 Å². The normalized spacial score (nSPS) is 18.6. The summed E-state index contributed by atoms with van der Waals surface area (Å²) in [5.41, 5.74) is 3.20. The molecule has 1 aliphatic heterocycles. The Hall–Kier alpha value is -3.70. The number of aliphatic hydroxyl groups is 2. The molecule has 0 aliphatic carbocycles. The molecule has 1 heterocycles. The first-order valence-corrected chi connectivity index (χ1v) is 16.3. The molecule has 47 heavy (non-hydrogen) atoms. The summed E-state index contributed by atoms with van der Waals surface area (Å²) in [6.07, 6.45) is -0.257. The van der Waals surface area contributed by atoms with Crippen molar-refractivity contribution in [2.75, 3.05) is 60.3 Å². The van der Waals surface area contributed by atoms with Crippen LogP contribution in [0.4, 0.5) is 0 Å². The minimum Gasteiger partial charge on any atom is -0.496 e. The van der Waals surface area contributed by atoms with E-state index in [1.54, 1.807) is 14.2 Å². The first-order valence-electron chi connectivity index (χ1n) is 16.3. The van der Waals surface area contributed by atoms with Gasteiger partial charge < -0.3 is 44.0 Å². The molecule has 0 saturated carbocycles. The third kappa shape index (κ3) is 9.67. The van der Waals surface area contributed by atoms with Gasteiger partial charge in [0.1, 0.15) is 23.4 Å². The van der Waals surface area contributed by atoms with Gasteiger partial charge in [-0.05, 0) is 46.8 Å². The summed E-state index contributed by atoms with van der Waals surface area (Å²) in [4.78, 5) is 0. The van der Waals surface area contributed by atoms with E-state index < -0.39 is 6.10 Å². The van der Waals surface area contributed by atoms with E-state index in [2.05, 4.69) is 35.6 Å². The van der Waals surface area contributed by atoms with Crippen LogP contribution in [0, 0.1) is 5.92 Å². The molecule has 4 atom stereocenters. The van der Waals surface area contributed by atoms with E-state index in [0.29, 0.717) is 39.6 Å². The summed E-state index contributed by atoms with van der Waals surface area (Å²) < 4.78 is 35.4. The summed E-state index contributed by atoms with van der Waals surface area (Å²) >= 11 is 0. The van der Waals surface area contributed by atoms with E-state index in [-0.39, 0.29) is 31.2 Å². The van der Waals surface area contributed by atoms with Gasteiger partial charge in [0.25, 0.3) is 0 Å². The van der Waals surface area contributed by atoms with Gasteiger partial charge in [0.15, 0.2) is 0 Å². The van der Waals surface area contributed by atoms with Crippen LogP contribution in [0.5, 0.6) is 17.2 Å². The predicted molar refractivity (Wildman–Crippen MR) is 181 cm³/mol. The van der Waals surface area contributed by atoms with Crippen LogP contribution in [0.15, 0.2) is 84.9 Å². The quantitative estimate of drug-likeness (QED) is 0.127. The number of para-hydroxylation sites is 1. The largest absolute Gasteiger partial charge is 0.496 e. The number of ether oxygens (including phenoxy) is 6. The number of rotatable bonds is 18. The van der Waals surface area contributed by atoms with E-state index in [1.807, 2.05) is 54.6 Å². The Kier molecular flexibility index (Phi) is 13.3. The lowest BCUT2D eigenvalue weighted by Crippen LogP contribution is -2.48. The van der Waals surface area contributed by atoms with Gasteiger partial charge in [-0.25, -0.2) is 0 Å². The minimum atomic E-state index is -0.900. The number of fused-ring (bicyclic) bond motifs is 1. The highest BCUT2D eigenvalue weighted by molar-refractivity contribution is 5.89. The predicted octanol–water partition coefficient (Wildman–Crippen LogP) is 5.10. The molecule has 0 spiro atoms. The molecule has 1 fully saturated rings. The SMILES string of the molecule is COc1ccccc1COCCCOc1ccc([C@H]2[C@H](COCC(O)CO)CNC[C@@H]2OCc2cc(OC)c3ccccc3c2)cc1. The van der Waals surface area contributed by atoms with E-state index in [0.717, 1.165) is 57.7 Å². The second-order valence-corrected chi connectivity index (χ2v) is 11.8. The molecule has 9 nitrogen and oxygen atoms in total. The molecule has 1 saturated heterocycles. The van der Waals surface area contributed by atoms with Crippen LogP contribution in [0.3, 0.4) is 0 Å². The maximum absolute atomic E-state index is 9.82. The zero-order chi connectivity index (χ0) is 32.8. The second-order valence-electron chi connectivity index (χ2n) is 11.8. The van der Waals surface area contributed by atoms with E-state index in [1.165, 1.54) is 0 Å². The number of piperidine rings is 1. The van der Waals surface area contributed by atoms with Gasteiger partial charge in [-0.2, -0.15) is 0 Å². The van der Waals surface area contributed by atoms with Crippen LogP contribution in [-0.4, -0.2) is 82.8 Å². The monoisotopic (exact) mass is 645 g/mol. The number of methoxy groups -OCH3 is 2. The molecule has 0 radical (unpaired) electrons. The van der Waals surface area contributed by atoms with Crippen molar-refractivity contribution >= 4 is 10.8 Å². The van der Waals surface area contributed by atoms with Crippen molar-refractivity contribution < 1.29 is 38.6 Å². The van der Waals surface area contributed by atoms with Crippen LogP contribution in [0.1, 0.15) is 29.0 Å². The van der Waals surface area contributed by atoms with Crippen molar-refractivity contribution in [3.8, 4) is 17.2 Å². The van der Waals surface area contributed by atoms with Crippen LogP contribution < -0.4 is 19.5 Å². The number of nitrogens with one attached hydrogen (secondary N) is 1. The van der Waals surface area contributed by atoms with Gasteiger partial charge in [-0.15, -0.1) is 0 Å². The Morgan fingerprint density at radius 2 is 1.62 bits per heavy atom. The molecule has 1 aliphatic rings. The Bertz CT molecular complexity index is 1510. The van der Waals surface area contributed by atoms with Gasteiger partial charge in [-0.1, -0.05) is 54.6 Å². The fourth-order valence-corrected chi connectivity index (χ4v) is 6.12. The van der Waals surface area contributed by atoms with Crippen LogP contribution in [0.25, 0.3) is 10.8 Å². The maximum Gasteiger partial charge on any atom is 0.127 e. The molecular weight excluding hydrogens is 598 g/mol. The zero-order valence-corrected chi connectivity index (χ0v) is 27.3. The van der Waals surface area contributed by atoms with Crippen molar-refractivity contribution in [2.24, 2.45) is 5.92 Å². The highest BCUT2D eigenvalue weighted by atomic mass is 16.5. The van der Waals surface area contributed by atoms with Crippen LogP contribution >= 0.6 is 0 Å². The van der Waals surface area contributed by atoms with Crippen molar-refractivity contribution in [3.63, 3.8) is 0 Å². The Morgan fingerprint density at radius 3 is 2.43 bits per heavy atom. The van der Waals surface area contributed by atoms with E-state index in [9.17, 15) is 10.2 Å². The molecule has 0 amide bonds. The fourth-order valence-electron chi connectivity index (χ4n) is 6.12. The lowest BCUT2D eigenvalue weighted by atomic mass is 9.79. The highest BCUT2D eigenvalue weighted by Crippen LogP contribution is 2.35. The molecule has 5 rings (SSSR count). The lowest BCUT2D eigenvalue weighted by Gasteiger charge is -2.39. The summed E-state index contributed by atoms with van der Waals surface area (Å²) in [6, 6.07) is 28.5. The summed E-state index contributed by atoms with van der Waals surface area (Å²) in [5.74, 6) is 2.59. The zero-order valence-electron chi connectivity index (χ0n) is 27.3. The van der Waals surface area contributed by atoms with E-state index in [4.69, 9.17) is 28.4 Å². The lowest BCUT2D eigenvalue weighted by molar-refractivity contribution is -0.0416.